The molecule has 0 bridgehead atoms. The molecule has 0 aliphatic carbocycles. The van der Waals surface area contributed by atoms with Crippen LogP contribution in [0, 0.1) is 0 Å². The molecule has 3 heterocycles. The highest BCUT2D eigenvalue weighted by Crippen LogP contribution is 2.26. The van der Waals surface area contributed by atoms with E-state index in [1.807, 2.05) is 30.3 Å². The van der Waals surface area contributed by atoms with Gasteiger partial charge in [0.05, 0.1) is 19.8 Å². The molecule has 1 aliphatic heterocycles. The monoisotopic (exact) mass is 319 g/mol. The summed E-state index contributed by atoms with van der Waals surface area (Å²) in [4.78, 5) is 21.4. The molecule has 0 fully saturated rings. The van der Waals surface area contributed by atoms with Gasteiger partial charge in [0.25, 0.3) is 0 Å². The van der Waals surface area contributed by atoms with Gasteiger partial charge in [0, 0.05) is 17.5 Å². The van der Waals surface area contributed by atoms with E-state index in [-0.39, 0.29) is 5.56 Å². The van der Waals surface area contributed by atoms with Crippen molar-refractivity contribution in [2.45, 2.75) is 0 Å². The first kappa shape index (κ1) is 14.5. The van der Waals surface area contributed by atoms with Gasteiger partial charge in [0.15, 0.2) is 0 Å². The van der Waals surface area contributed by atoms with E-state index in [9.17, 15) is 4.79 Å². The van der Waals surface area contributed by atoms with E-state index >= 15 is 0 Å². The molecule has 3 aromatic rings. The Morgan fingerprint density at radius 2 is 1.83 bits per heavy atom. The van der Waals surface area contributed by atoms with Crippen LogP contribution in [0.5, 0.6) is 11.6 Å². The smallest absolute Gasteiger partial charge is 0.250 e. The van der Waals surface area contributed by atoms with Crippen molar-refractivity contribution in [2.24, 2.45) is 0 Å². The van der Waals surface area contributed by atoms with Crippen molar-refractivity contribution < 1.29 is 9.47 Å². The Morgan fingerprint density at radius 1 is 1.04 bits per heavy atom. The first-order chi connectivity index (χ1) is 11.7. The molecule has 118 valence electrons. The van der Waals surface area contributed by atoms with E-state index in [1.54, 1.807) is 25.0 Å². The summed E-state index contributed by atoms with van der Waals surface area (Å²) in [6.07, 6.45) is 3.23. The number of ether oxygens (including phenoxy) is 2. The van der Waals surface area contributed by atoms with Gasteiger partial charge in [-0.15, -0.1) is 0 Å². The summed E-state index contributed by atoms with van der Waals surface area (Å²) >= 11 is 0. The van der Waals surface area contributed by atoms with Crippen LogP contribution in [0.2, 0.25) is 0 Å². The number of nitrogens with zero attached hydrogens (tertiary/aromatic N) is 3. The lowest BCUT2D eigenvalue weighted by atomic mass is 9.71. The minimum Gasteiger partial charge on any atom is -0.497 e. The number of hydrogen-bond donors (Lipinski definition) is 0. The molecule has 6 nitrogen and oxygen atoms in total. The molecule has 0 N–H and O–H groups in total. The van der Waals surface area contributed by atoms with Gasteiger partial charge in [0.2, 0.25) is 18.7 Å². The van der Waals surface area contributed by atoms with Crippen molar-refractivity contribution >= 4 is 18.3 Å². The maximum absolute atomic E-state index is 12.9. The van der Waals surface area contributed by atoms with E-state index in [1.165, 1.54) is 6.33 Å². The average molecular weight is 319 g/mol. The lowest BCUT2D eigenvalue weighted by Gasteiger charge is -2.10. The van der Waals surface area contributed by atoms with E-state index in [0.29, 0.717) is 18.6 Å². The van der Waals surface area contributed by atoms with Crippen LogP contribution in [0.15, 0.2) is 47.7 Å². The summed E-state index contributed by atoms with van der Waals surface area (Å²) < 4.78 is 12.1. The summed E-state index contributed by atoms with van der Waals surface area (Å²) in [7, 11) is 3.67. The average Bonchev–Trinajstić information content (AvgIpc) is 3.02. The standard InChI is InChI=1S/C17H14BN3O3/c1-23-11-5-3-10(4-6-11)21-8-7-12-13-15(18-14(12)17(21)22)19-9-20-16(13)24-2/h3-9,18H,1-2H3. The van der Waals surface area contributed by atoms with Crippen molar-refractivity contribution in [1.82, 2.24) is 14.5 Å². The Labute approximate surface area is 139 Å². The van der Waals surface area contributed by atoms with E-state index in [4.69, 9.17) is 9.47 Å². The lowest BCUT2D eigenvalue weighted by molar-refractivity contribution is 0.399. The van der Waals surface area contributed by atoms with E-state index in [2.05, 4.69) is 9.97 Å². The van der Waals surface area contributed by atoms with E-state index < -0.39 is 0 Å². The van der Waals surface area contributed by atoms with Gasteiger partial charge in [-0.25, -0.2) is 4.98 Å². The van der Waals surface area contributed by atoms with E-state index in [0.717, 1.165) is 28.2 Å². The SMILES string of the molecule is COc1ccc(-n2ccc3c(c2=O)Bc2ncnc(OC)c2-3)cc1. The second-order valence-electron chi connectivity index (χ2n) is 5.46. The normalized spacial score (nSPS) is 11.4. The summed E-state index contributed by atoms with van der Waals surface area (Å²) in [5.74, 6) is 1.25. The van der Waals surface area contributed by atoms with Gasteiger partial charge in [0.1, 0.15) is 12.1 Å². The van der Waals surface area contributed by atoms with Crippen LogP contribution in [-0.2, 0) is 0 Å². The maximum Gasteiger partial charge on any atom is 0.250 e. The second-order valence-corrected chi connectivity index (χ2v) is 5.46. The van der Waals surface area contributed by atoms with Crippen LogP contribution in [0.4, 0.5) is 0 Å². The van der Waals surface area contributed by atoms with Gasteiger partial charge in [-0.1, -0.05) is 0 Å². The topological polar surface area (TPSA) is 66.2 Å². The van der Waals surface area contributed by atoms with Gasteiger partial charge in [-0.3, -0.25) is 14.3 Å². The molecule has 7 heteroatoms. The number of rotatable bonds is 3. The highest BCUT2D eigenvalue weighted by molar-refractivity contribution is 6.72. The zero-order valence-electron chi connectivity index (χ0n) is 13.3. The van der Waals surface area contributed by atoms with Crippen LogP contribution in [0.1, 0.15) is 0 Å². The molecule has 1 aliphatic rings. The maximum atomic E-state index is 12.9. The van der Waals surface area contributed by atoms with Crippen molar-refractivity contribution in [2.75, 3.05) is 14.2 Å². The molecule has 0 radical (unpaired) electrons. The quantitative estimate of drug-likeness (QED) is 0.498. The first-order valence-electron chi connectivity index (χ1n) is 7.50. The summed E-state index contributed by atoms with van der Waals surface area (Å²) in [5, 5.41) is 0. The fourth-order valence-corrected chi connectivity index (χ4v) is 3.06. The van der Waals surface area contributed by atoms with Crippen LogP contribution in [-0.4, -0.2) is 36.0 Å². The molecule has 2 aromatic heterocycles. The summed E-state index contributed by atoms with van der Waals surface area (Å²) in [6, 6.07) is 9.29. The third-order valence-electron chi connectivity index (χ3n) is 4.24. The first-order valence-corrected chi connectivity index (χ1v) is 7.50. The van der Waals surface area contributed by atoms with Crippen LogP contribution in [0.25, 0.3) is 16.8 Å². The lowest BCUT2D eigenvalue weighted by Crippen LogP contribution is -2.39. The second kappa shape index (κ2) is 5.52. The van der Waals surface area contributed by atoms with Gasteiger partial charge >= 0.3 is 0 Å². The van der Waals surface area contributed by atoms with Crippen molar-refractivity contribution in [3.05, 3.63) is 53.2 Å². The number of methoxy groups -OCH3 is 2. The molecule has 1 aromatic carbocycles. The van der Waals surface area contributed by atoms with Crippen molar-refractivity contribution in [3.8, 4) is 28.4 Å². The molecule has 24 heavy (non-hydrogen) atoms. The minimum absolute atomic E-state index is 0.0577. The molecule has 0 atom stereocenters. The van der Waals surface area contributed by atoms with Crippen molar-refractivity contribution in [3.63, 3.8) is 0 Å². The number of hydrogen-bond acceptors (Lipinski definition) is 5. The molecule has 0 saturated carbocycles. The van der Waals surface area contributed by atoms with Crippen LogP contribution in [0.3, 0.4) is 0 Å². The predicted octanol–water partition coefficient (Wildman–Crippen LogP) is 0.0124. The van der Waals surface area contributed by atoms with Crippen LogP contribution >= 0.6 is 0 Å². The molecule has 0 unspecified atom stereocenters. The summed E-state index contributed by atoms with van der Waals surface area (Å²) in [5.41, 5.74) is 3.92. The fourth-order valence-electron chi connectivity index (χ4n) is 3.06. The van der Waals surface area contributed by atoms with Gasteiger partial charge < -0.3 is 9.47 Å². The number of fused-ring (bicyclic) bond motifs is 3. The molecule has 0 spiro atoms. The highest BCUT2D eigenvalue weighted by Gasteiger charge is 2.28. The van der Waals surface area contributed by atoms with Gasteiger partial charge in [-0.05, 0) is 41.4 Å². The Bertz CT molecular complexity index is 983. The number of pyridine rings is 1. The Balaban J connectivity index is 1.85. The third kappa shape index (κ3) is 2.09. The van der Waals surface area contributed by atoms with Gasteiger partial charge in [-0.2, -0.15) is 0 Å². The number of aromatic nitrogens is 3. The fraction of sp³-hybridized carbons (Fsp3) is 0.118. The third-order valence-corrected chi connectivity index (χ3v) is 4.24. The molecule has 0 amide bonds. The predicted molar refractivity (Wildman–Crippen MR) is 92.6 cm³/mol. The molecule has 0 saturated heterocycles. The molecular formula is C17H14BN3O3. The molecular weight excluding hydrogens is 305 g/mol. The van der Waals surface area contributed by atoms with Crippen LogP contribution < -0.4 is 26.1 Å². The Hall–Kier alpha value is -3.09. The highest BCUT2D eigenvalue weighted by atomic mass is 16.5. The molecule has 4 rings (SSSR count). The minimum atomic E-state index is -0.0577. The Morgan fingerprint density at radius 3 is 2.54 bits per heavy atom. The zero-order valence-corrected chi connectivity index (χ0v) is 13.3. The Kier molecular flexibility index (Phi) is 3.34. The number of benzene rings is 1. The zero-order chi connectivity index (χ0) is 16.7. The largest absolute Gasteiger partial charge is 0.497 e. The summed E-state index contributed by atoms with van der Waals surface area (Å²) in [6.45, 7) is 0. The van der Waals surface area contributed by atoms with Crippen molar-refractivity contribution in [1.29, 1.82) is 0 Å².